The van der Waals surface area contributed by atoms with Gasteiger partial charge in [-0.1, -0.05) is 6.08 Å². The van der Waals surface area contributed by atoms with E-state index in [4.69, 9.17) is 23.1 Å². The van der Waals surface area contributed by atoms with Gasteiger partial charge < -0.3 is 33.8 Å². The van der Waals surface area contributed by atoms with E-state index in [0.29, 0.717) is 0 Å². The number of terminal acetylenes is 2. The molecule has 0 aromatic carbocycles. The quantitative estimate of drug-likeness (QED) is 0.210. The maximum absolute atomic E-state index is 8.90. The van der Waals surface area contributed by atoms with E-state index in [1.807, 2.05) is 0 Å². The molecule has 1 unspecified atom stereocenters. The van der Waals surface area contributed by atoms with Crippen LogP contribution >= 0.6 is 0 Å². The van der Waals surface area contributed by atoms with E-state index in [0.717, 1.165) is 38.5 Å². The van der Waals surface area contributed by atoms with Gasteiger partial charge in [0.1, 0.15) is 0 Å². The Labute approximate surface area is 151 Å². The molecule has 4 heteroatoms. The average molecular weight is 354 g/mol. The smallest absolute Gasteiger partial charge is 1.00 e. The van der Waals surface area contributed by atoms with Gasteiger partial charge in [-0.05, 0) is 25.7 Å². The van der Waals surface area contributed by atoms with Crippen LogP contribution in [-0.4, -0.2) is 46.0 Å². The van der Waals surface area contributed by atoms with Crippen LogP contribution in [0.25, 0.3) is 0 Å². The summed E-state index contributed by atoms with van der Waals surface area (Å²) in [6, 6.07) is 0. The zero-order valence-corrected chi connectivity index (χ0v) is 15.2. The first-order chi connectivity index (χ1) is 8.72. The Balaban J connectivity index is -0.0000000622. The summed E-state index contributed by atoms with van der Waals surface area (Å²) in [6.07, 6.45) is 16.0. The molecule has 0 aliphatic carbocycles. The topological polar surface area (TPSA) is 40.5 Å². The number of aliphatic hydroxyl groups excluding tert-OH is 2. The molecule has 0 heterocycles. The molecule has 110 valence electrons. The van der Waals surface area contributed by atoms with Crippen molar-refractivity contribution in [3.63, 3.8) is 0 Å². The van der Waals surface area contributed by atoms with E-state index >= 15 is 0 Å². The van der Waals surface area contributed by atoms with E-state index in [1.54, 1.807) is 0 Å². The van der Waals surface area contributed by atoms with Gasteiger partial charge in [-0.25, -0.2) is 0 Å². The maximum Gasteiger partial charge on any atom is 2.00 e. The SMILES string of the molecule is C#CCCCC(O)C=C.C#CCCCCO.[Br-].[CH-]=C.[Mg+2]. The predicted octanol–water partition coefficient (Wildman–Crippen LogP) is -0.652. The van der Waals surface area contributed by atoms with E-state index in [2.05, 4.69) is 31.6 Å². The molecule has 0 rings (SSSR count). The van der Waals surface area contributed by atoms with Crippen molar-refractivity contribution in [3.05, 3.63) is 25.8 Å². The normalized spacial score (nSPS) is 8.40. The molecule has 0 aliphatic rings. The fourth-order valence-electron chi connectivity index (χ4n) is 0.870. The Morgan fingerprint density at radius 2 is 1.55 bits per heavy atom. The second-order valence-corrected chi connectivity index (χ2v) is 3.28. The number of hydrogen-bond donors (Lipinski definition) is 2. The third kappa shape index (κ3) is 43.1. The molecule has 0 amide bonds. The van der Waals surface area contributed by atoms with Crippen molar-refractivity contribution in [1.82, 2.24) is 0 Å². The molecule has 0 saturated heterocycles. The Morgan fingerprint density at radius 3 is 1.90 bits per heavy atom. The minimum Gasteiger partial charge on any atom is -1.00 e. The molecular formula is C16H25BrMgO2. The first-order valence-corrected chi connectivity index (χ1v) is 5.92. The van der Waals surface area contributed by atoms with Gasteiger partial charge in [-0.3, -0.25) is 6.58 Å². The van der Waals surface area contributed by atoms with Crippen LogP contribution in [-0.2, 0) is 0 Å². The Morgan fingerprint density at radius 1 is 1.10 bits per heavy atom. The molecule has 2 nitrogen and oxygen atoms in total. The van der Waals surface area contributed by atoms with Crippen molar-refractivity contribution in [1.29, 1.82) is 0 Å². The molecule has 0 aromatic rings. The van der Waals surface area contributed by atoms with Crippen molar-refractivity contribution >= 4 is 23.1 Å². The van der Waals surface area contributed by atoms with Gasteiger partial charge in [0, 0.05) is 19.4 Å². The van der Waals surface area contributed by atoms with Gasteiger partial charge in [0.05, 0.1) is 6.10 Å². The molecule has 0 aromatic heterocycles. The second kappa shape index (κ2) is 36.3. The number of unbranched alkanes of at least 4 members (excludes halogenated alkanes) is 3. The van der Waals surface area contributed by atoms with Crippen molar-refractivity contribution < 1.29 is 27.2 Å². The number of hydrogen-bond acceptors (Lipinski definition) is 2. The Hall–Kier alpha value is -0.234. The molecule has 0 fully saturated rings. The third-order valence-corrected chi connectivity index (χ3v) is 1.82. The van der Waals surface area contributed by atoms with Gasteiger partial charge >= 0.3 is 23.1 Å². The van der Waals surface area contributed by atoms with Gasteiger partial charge in [-0.2, -0.15) is 0 Å². The molecule has 0 spiro atoms. The number of aliphatic hydroxyl groups is 2. The molecule has 20 heavy (non-hydrogen) atoms. The third-order valence-electron chi connectivity index (χ3n) is 1.82. The van der Waals surface area contributed by atoms with Crippen molar-refractivity contribution in [2.24, 2.45) is 0 Å². The molecule has 0 aliphatic heterocycles. The summed E-state index contributed by atoms with van der Waals surface area (Å²) >= 11 is 0. The van der Waals surface area contributed by atoms with Crippen LogP contribution in [0, 0.1) is 31.3 Å². The van der Waals surface area contributed by atoms with Crippen LogP contribution in [0.1, 0.15) is 38.5 Å². The standard InChI is InChI=1S/C8H12O.C6H10O.C2H3.BrH.Mg/c1-3-5-6-7-8(9)4-2;1-2-3-4-5-6-7;1-2;;/h1,4,8-9H,2,5-7H2;1,7H,3-6H2;1H,2H2;1H;/q;;-1;;+2/p-1. The van der Waals surface area contributed by atoms with Crippen molar-refractivity contribution in [3.8, 4) is 24.7 Å². The first-order valence-electron chi connectivity index (χ1n) is 5.92. The van der Waals surface area contributed by atoms with Crippen LogP contribution in [0.2, 0.25) is 0 Å². The zero-order valence-electron chi connectivity index (χ0n) is 12.2. The fraction of sp³-hybridized carbons (Fsp3) is 0.500. The van der Waals surface area contributed by atoms with Gasteiger partial charge in [0.2, 0.25) is 0 Å². The molecule has 0 bridgehead atoms. The summed E-state index contributed by atoms with van der Waals surface area (Å²) in [5, 5.41) is 17.1. The zero-order chi connectivity index (χ0) is 14.6. The Bertz CT molecular complexity index is 244. The van der Waals surface area contributed by atoms with Crippen molar-refractivity contribution in [2.75, 3.05) is 6.61 Å². The Kier molecular flexibility index (Phi) is 58.0. The van der Waals surface area contributed by atoms with Crippen molar-refractivity contribution in [2.45, 2.75) is 44.6 Å². The number of halogens is 1. The van der Waals surface area contributed by atoms with E-state index < -0.39 is 0 Å². The van der Waals surface area contributed by atoms with E-state index in [-0.39, 0.29) is 52.7 Å². The molecule has 0 radical (unpaired) electrons. The first kappa shape index (κ1) is 31.9. The van der Waals surface area contributed by atoms with Gasteiger partial charge in [0.25, 0.3) is 0 Å². The molecule has 1 atom stereocenters. The number of rotatable bonds is 7. The predicted molar refractivity (Wildman–Crippen MR) is 84.3 cm³/mol. The summed E-state index contributed by atoms with van der Waals surface area (Å²) < 4.78 is 0. The van der Waals surface area contributed by atoms with Crippen LogP contribution in [0.3, 0.4) is 0 Å². The summed E-state index contributed by atoms with van der Waals surface area (Å²) in [5.41, 5.74) is 0. The summed E-state index contributed by atoms with van der Waals surface area (Å²) in [6.45, 7) is 10.7. The van der Waals surface area contributed by atoms with E-state index in [1.165, 1.54) is 6.08 Å². The molecule has 0 saturated carbocycles. The van der Waals surface area contributed by atoms with E-state index in [9.17, 15) is 0 Å². The minimum atomic E-state index is -0.377. The maximum atomic E-state index is 8.90. The molecule has 2 N–H and O–H groups in total. The fourth-order valence-corrected chi connectivity index (χ4v) is 0.870. The average Bonchev–Trinajstić information content (AvgIpc) is 2.42. The van der Waals surface area contributed by atoms with Crippen LogP contribution in [0.4, 0.5) is 0 Å². The minimum absolute atomic E-state index is 0. The van der Waals surface area contributed by atoms with Gasteiger partial charge in [-0.15, -0.1) is 31.3 Å². The largest absolute Gasteiger partial charge is 2.00 e. The van der Waals surface area contributed by atoms with Gasteiger partial charge in [0.15, 0.2) is 0 Å². The van der Waals surface area contributed by atoms with Crippen LogP contribution in [0.5, 0.6) is 0 Å². The summed E-state index contributed by atoms with van der Waals surface area (Å²) in [4.78, 5) is 0. The second-order valence-electron chi connectivity index (χ2n) is 3.28. The molecular weight excluding hydrogens is 328 g/mol. The van der Waals surface area contributed by atoms with Crippen LogP contribution < -0.4 is 17.0 Å². The summed E-state index contributed by atoms with van der Waals surface area (Å²) in [5.74, 6) is 4.99. The summed E-state index contributed by atoms with van der Waals surface area (Å²) in [7, 11) is 0. The monoisotopic (exact) mass is 352 g/mol. The van der Waals surface area contributed by atoms with Crippen LogP contribution in [0.15, 0.2) is 19.2 Å².